The predicted octanol–water partition coefficient (Wildman–Crippen LogP) is 5.03. The molecule has 0 amide bonds. The number of nitrogens with zero attached hydrogens (tertiary/aromatic N) is 2. The number of hydrogen-bond acceptors (Lipinski definition) is 3. The van der Waals surface area contributed by atoms with Gasteiger partial charge in [0.25, 0.3) is 0 Å². The van der Waals surface area contributed by atoms with Gasteiger partial charge < -0.3 is 14.8 Å². The van der Waals surface area contributed by atoms with Gasteiger partial charge in [0.05, 0.1) is 27.8 Å². The summed E-state index contributed by atoms with van der Waals surface area (Å²) in [5.74, 6) is -2.88. The van der Waals surface area contributed by atoms with E-state index in [1.165, 1.54) is 54.7 Å². The first kappa shape index (κ1) is 17.9. The van der Waals surface area contributed by atoms with Crippen LogP contribution in [0.15, 0.2) is 54.7 Å². The number of halogens is 3. The first-order valence-corrected chi connectivity index (χ1v) is 8.43. The van der Waals surface area contributed by atoms with E-state index in [9.17, 15) is 23.8 Å². The molecule has 2 N–H and O–H groups in total. The van der Waals surface area contributed by atoms with Crippen LogP contribution in [0.5, 0.6) is 5.75 Å². The molecular formula is C20H11ClF2N2O3. The molecule has 0 aliphatic rings. The molecule has 5 nitrogen and oxygen atoms in total. The molecule has 2 aromatic carbocycles. The Morgan fingerprint density at radius 2 is 1.57 bits per heavy atom. The summed E-state index contributed by atoms with van der Waals surface area (Å²) in [7, 11) is 0. The van der Waals surface area contributed by atoms with Gasteiger partial charge in [0.2, 0.25) is 0 Å². The number of aromatic carboxylic acids is 1. The van der Waals surface area contributed by atoms with E-state index < -0.39 is 29.0 Å². The number of aromatic hydroxyl groups is 1. The van der Waals surface area contributed by atoms with Gasteiger partial charge in [0.15, 0.2) is 11.4 Å². The fraction of sp³-hybridized carbons (Fsp3) is 0. The fourth-order valence-corrected chi connectivity index (χ4v) is 3.47. The molecule has 0 bridgehead atoms. The Morgan fingerprint density at radius 1 is 1.00 bits per heavy atom. The van der Waals surface area contributed by atoms with E-state index in [1.54, 1.807) is 4.57 Å². The molecular weight excluding hydrogens is 390 g/mol. The summed E-state index contributed by atoms with van der Waals surface area (Å²) >= 11 is 6.53. The Morgan fingerprint density at radius 3 is 2.14 bits per heavy atom. The zero-order valence-corrected chi connectivity index (χ0v) is 14.8. The number of rotatable bonds is 3. The number of benzene rings is 2. The maximum Gasteiger partial charge on any atom is 0.358 e. The standard InChI is InChI=1S/C20H11ClF2N2O3/c21-16-15-14(9-24-17(19(15)26)20(27)28)25(13-7-5-12(23)6-8-13)18(16)10-1-3-11(22)4-2-10/h1-9,26H,(H,27,28). The van der Waals surface area contributed by atoms with Crippen LogP contribution in [0, 0.1) is 11.6 Å². The molecule has 0 unspecified atom stereocenters. The quantitative estimate of drug-likeness (QED) is 0.506. The van der Waals surface area contributed by atoms with Gasteiger partial charge in [0.1, 0.15) is 11.6 Å². The second kappa shape index (κ2) is 6.61. The third-order valence-electron chi connectivity index (χ3n) is 4.33. The third-order valence-corrected chi connectivity index (χ3v) is 4.70. The Bertz CT molecular complexity index is 1220. The van der Waals surface area contributed by atoms with Gasteiger partial charge in [-0.1, -0.05) is 11.6 Å². The molecule has 28 heavy (non-hydrogen) atoms. The third kappa shape index (κ3) is 2.76. The summed E-state index contributed by atoms with van der Waals surface area (Å²) in [6.45, 7) is 0. The van der Waals surface area contributed by atoms with Crippen LogP contribution in [0.25, 0.3) is 27.8 Å². The number of carbonyl (C=O) groups is 1. The van der Waals surface area contributed by atoms with Crippen molar-refractivity contribution in [3.8, 4) is 22.7 Å². The van der Waals surface area contributed by atoms with E-state index in [4.69, 9.17) is 11.6 Å². The van der Waals surface area contributed by atoms with Crippen LogP contribution in [-0.4, -0.2) is 25.7 Å². The Balaban J connectivity index is 2.13. The van der Waals surface area contributed by atoms with E-state index in [0.29, 0.717) is 22.5 Å². The summed E-state index contributed by atoms with van der Waals surface area (Å²) < 4.78 is 28.4. The topological polar surface area (TPSA) is 75.3 Å². The molecule has 0 radical (unpaired) electrons. The van der Waals surface area contributed by atoms with E-state index in [1.807, 2.05) is 0 Å². The highest BCUT2D eigenvalue weighted by Gasteiger charge is 2.25. The lowest BCUT2D eigenvalue weighted by Crippen LogP contribution is -2.02. The molecule has 0 saturated heterocycles. The van der Waals surface area contributed by atoms with Crippen molar-refractivity contribution in [2.75, 3.05) is 0 Å². The van der Waals surface area contributed by atoms with Crippen molar-refractivity contribution in [1.82, 2.24) is 9.55 Å². The van der Waals surface area contributed by atoms with Gasteiger partial charge in [-0.2, -0.15) is 0 Å². The Labute approximate surface area is 162 Å². The minimum atomic E-state index is -1.41. The second-order valence-corrected chi connectivity index (χ2v) is 6.38. The lowest BCUT2D eigenvalue weighted by atomic mass is 10.1. The van der Waals surface area contributed by atoms with E-state index >= 15 is 0 Å². The first-order valence-electron chi connectivity index (χ1n) is 8.05. The van der Waals surface area contributed by atoms with Gasteiger partial charge in [0, 0.05) is 11.3 Å². The first-order chi connectivity index (χ1) is 13.4. The van der Waals surface area contributed by atoms with Crippen LogP contribution in [0.1, 0.15) is 10.5 Å². The Hall–Kier alpha value is -3.45. The lowest BCUT2D eigenvalue weighted by molar-refractivity contribution is 0.0687. The molecule has 0 aliphatic heterocycles. The molecule has 0 fully saturated rings. The molecule has 0 saturated carbocycles. The van der Waals surface area contributed by atoms with Crippen molar-refractivity contribution < 1.29 is 23.8 Å². The van der Waals surface area contributed by atoms with E-state index in [0.717, 1.165) is 0 Å². The summed E-state index contributed by atoms with van der Waals surface area (Å²) in [5.41, 5.74) is 1.17. The van der Waals surface area contributed by atoms with Crippen LogP contribution < -0.4 is 0 Å². The highest BCUT2D eigenvalue weighted by Crippen LogP contribution is 2.43. The van der Waals surface area contributed by atoms with Crippen molar-refractivity contribution in [3.05, 3.63) is 77.1 Å². The lowest BCUT2D eigenvalue weighted by Gasteiger charge is -2.11. The second-order valence-electron chi connectivity index (χ2n) is 6.00. The van der Waals surface area contributed by atoms with Gasteiger partial charge in [-0.05, 0) is 48.5 Å². The molecule has 2 heterocycles. The fourth-order valence-electron chi connectivity index (χ4n) is 3.09. The van der Waals surface area contributed by atoms with E-state index in [2.05, 4.69) is 4.98 Å². The van der Waals surface area contributed by atoms with Gasteiger partial charge in [-0.3, -0.25) is 0 Å². The van der Waals surface area contributed by atoms with Crippen LogP contribution in [0.4, 0.5) is 8.78 Å². The van der Waals surface area contributed by atoms with Crippen LogP contribution in [0.2, 0.25) is 5.02 Å². The molecule has 8 heteroatoms. The predicted molar refractivity (Wildman–Crippen MR) is 100 cm³/mol. The zero-order chi connectivity index (χ0) is 20.0. The minimum Gasteiger partial charge on any atom is -0.505 e. The van der Waals surface area contributed by atoms with Gasteiger partial charge >= 0.3 is 5.97 Å². The Kier molecular flexibility index (Phi) is 4.24. The van der Waals surface area contributed by atoms with Crippen molar-refractivity contribution in [2.45, 2.75) is 0 Å². The average molecular weight is 401 g/mol. The molecule has 4 aromatic rings. The summed E-state index contributed by atoms with van der Waals surface area (Å²) in [6.07, 6.45) is 1.26. The van der Waals surface area contributed by atoms with Crippen molar-refractivity contribution in [1.29, 1.82) is 0 Å². The minimum absolute atomic E-state index is 0.0633. The number of carboxylic acids is 1. The highest BCUT2D eigenvalue weighted by atomic mass is 35.5. The summed E-state index contributed by atoms with van der Waals surface area (Å²) in [4.78, 5) is 15.1. The SMILES string of the molecule is O=C(O)c1ncc2c(c1O)c(Cl)c(-c1ccc(F)cc1)n2-c1ccc(F)cc1. The number of pyridine rings is 1. The number of hydrogen-bond donors (Lipinski definition) is 2. The highest BCUT2D eigenvalue weighted by molar-refractivity contribution is 6.39. The molecule has 2 aromatic heterocycles. The average Bonchev–Trinajstić information content (AvgIpc) is 2.96. The van der Waals surface area contributed by atoms with Gasteiger partial charge in [-0.15, -0.1) is 0 Å². The summed E-state index contributed by atoms with van der Waals surface area (Å²) in [6, 6.07) is 11.0. The number of fused-ring (bicyclic) bond motifs is 1. The molecule has 0 spiro atoms. The normalized spacial score (nSPS) is 11.1. The smallest absolute Gasteiger partial charge is 0.358 e. The van der Waals surface area contributed by atoms with Crippen molar-refractivity contribution >= 4 is 28.5 Å². The number of aromatic nitrogens is 2. The monoisotopic (exact) mass is 400 g/mol. The van der Waals surface area contributed by atoms with Crippen molar-refractivity contribution in [2.24, 2.45) is 0 Å². The van der Waals surface area contributed by atoms with Crippen molar-refractivity contribution in [3.63, 3.8) is 0 Å². The van der Waals surface area contributed by atoms with E-state index in [-0.39, 0.29) is 10.4 Å². The van der Waals surface area contributed by atoms with Crippen LogP contribution in [0.3, 0.4) is 0 Å². The van der Waals surface area contributed by atoms with Crippen LogP contribution >= 0.6 is 11.6 Å². The maximum atomic E-state index is 13.4. The molecule has 140 valence electrons. The zero-order valence-electron chi connectivity index (χ0n) is 14.0. The maximum absolute atomic E-state index is 13.4. The molecule has 4 rings (SSSR count). The number of carboxylic acid groups (broad SMARTS) is 1. The van der Waals surface area contributed by atoms with Crippen LogP contribution in [-0.2, 0) is 0 Å². The summed E-state index contributed by atoms with van der Waals surface area (Å²) in [5, 5.41) is 19.8. The largest absolute Gasteiger partial charge is 0.505 e. The van der Waals surface area contributed by atoms with Gasteiger partial charge in [-0.25, -0.2) is 18.6 Å². The molecule has 0 aliphatic carbocycles. The molecule has 0 atom stereocenters.